The van der Waals surface area contributed by atoms with Crippen molar-refractivity contribution in [3.8, 4) is 11.4 Å². The largest absolute Gasteiger partial charge is 0.393 e. The molecule has 2 atom stereocenters. The zero-order chi connectivity index (χ0) is 16.8. The summed E-state index contributed by atoms with van der Waals surface area (Å²) in [5.74, 6) is 2.03. The first-order valence-corrected chi connectivity index (χ1v) is 8.90. The van der Waals surface area contributed by atoms with Gasteiger partial charge in [0.2, 0.25) is 0 Å². The van der Waals surface area contributed by atoms with E-state index in [1.54, 1.807) is 12.4 Å². The van der Waals surface area contributed by atoms with Crippen LogP contribution in [0.15, 0.2) is 30.6 Å². The van der Waals surface area contributed by atoms with Crippen LogP contribution in [0.5, 0.6) is 0 Å². The standard InChI is InChI=1S/C19H26N4O/c1-14-12-18(23-19(22-14)16-8-4-10-20-13-16)21-11-5-7-15-6-2-3-9-17(15)24/h4,8,10,12-13,15,17,24H,2-3,5-7,9,11H2,1H3,(H,21,22,23). The Kier molecular flexibility index (Phi) is 5.75. The van der Waals surface area contributed by atoms with Crippen LogP contribution in [0.3, 0.4) is 0 Å². The van der Waals surface area contributed by atoms with E-state index in [9.17, 15) is 5.11 Å². The van der Waals surface area contributed by atoms with Crippen molar-refractivity contribution in [1.82, 2.24) is 15.0 Å². The lowest BCUT2D eigenvalue weighted by Crippen LogP contribution is -2.24. The molecule has 0 amide bonds. The zero-order valence-electron chi connectivity index (χ0n) is 14.3. The van der Waals surface area contributed by atoms with Gasteiger partial charge in [-0.2, -0.15) is 0 Å². The van der Waals surface area contributed by atoms with Gasteiger partial charge in [0.1, 0.15) is 5.82 Å². The van der Waals surface area contributed by atoms with Gasteiger partial charge < -0.3 is 10.4 Å². The van der Waals surface area contributed by atoms with E-state index in [1.807, 2.05) is 25.1 Å². The third-order valence-corrected chi connectivity index (χ3v) is 4.70. The zero-order valence-corrected chi connectivity index (χ0v) is 14.3. The number of anilines is 1. The Labute approximate surface area is 143 Å². The minimum Gasteiger partial charge on any atom is -0.393 e. The molecule has 3 rings (SSSR count). The summed E-state index contributed by atoms with van der Waals surface area (Å²) < 4.78 is 0. The number of aliphatic hydroxyl groups is 1. The average molecular weight is 326 g/mol. The first-order valence-electron chi connectivity index (χ1n) is 8.90. The van der Waals surface area contributed by atoms with E-state index in [0.717, 1.165) is 42.9 Å². The van der Waals surface area contributed by atoms with Gasteiger partial charge >= 0.3 is 0 Å². The minimum atomic E-state index is -0.0998. The Bertz CT molecular complexity index is 647. The fraction of sp³-hybridized carbons (Fsp3) is 0.526. The number of nitrogens with zero attached hydrogens (tertiary/aromatic N) is 3. The fourth-order valence-corrected chi connectivity index (χ4v) is 3.39. The Morgan fingerprint density at radius 2 is 2.12 bits per heavy atom. The summed E-state index contributed by atoms with van der Waals surface area (Å²) >= 11 is 0. The summed E-state index contributed by atoms with van der Waals surface area (Å²) in [4.78, 5) is 13.2. The van der Waals surface area contributed by atoms with Gasteiger partial charge in [0.05, 0.1) is 6.10 Å². The molecule has 128 valence electrons. The van der Waals surface area contributed by atoms with E-state index in [1.165, 1.54) is 19.3 Å². The molecule has 0 bridgehead atoms. The molecule has 2 unspecified atom stereocenters. The molecule has 2 aromatic heterocycles. The van der Waals surface area contributed by atoms with Crippen LogP contribution in [0.1, 0.15) is 44.2 Å². The molecule has 1 aliphatic rings. The number of rotatable bonds is 6. The van der Waals surface area contributed by atoms with Crippen molar-refractivity contribution in [2.24, 2.45) is 5.92 Å². The van der Waals surface area contributed by atoms with E-state index in [0.29, 0.717) is 11.7 Å². The second-order valence-corrected chi connectivity index (χ2v) is 6.64. The van der Waals surface area contributed by atoms with Gasteiger partial charge in [-0.05, 0) is 50.7 Å². The Morgan fingerprint density at radius 3 is 2.92 bits per heavy atom. The van der Waals surface area contributed by atoms with Gasteiger partial charge in [0, 0.05) is 36.3 Å². The highest BCUT2D eigenvalue weighted by Crippen LogP contribution is 2.27. The molecule has 0 spiro atoms. The van der Waals surface area contributed by atoms with E-state index in [-0.39, 0.29) is 6.10 Å². The third-order valence-electron chi connectivity index (χ3n) is 4.70. The van der Waals surface area contributed by atoms with Gasteiger partial charge in [0.15, 0.2) is 5.82 Å². The van der Waals surface area contributed by atoms with Gasteiger partial charge in [-0.15, -0.1) is 0 Å². The molecule has 2 heterocycles. The van der Waals surface area contributed by atoms with Crippen LogP contribution in [-0.2, 0) is 0 Å². The fourth-order valence-electron chi connectivity index (χ4n) is 3.39. The van der Waals surface area contributed by atoms with Crippen molar-refractivity contribution >= 4 is 5.82 Å². The maximum Gasteiger partial charge on any atom is 0.163 e. The lowest BCUT2D eigenvalue weighted by Gasteiger charge is -2.27. The Morgan fingerprint density at radius 1 is 1.25 bits per heavy atom. The van der Waals surface area contributed by atoms with Crippen LogP contribution >= 0.6 is 0 Å². The first kappa shape index (κ1) is 16.8. The summed E-state index contributed by atoms with van der Waals surface area (Å²) in [7, 11) is 0. The summed E-state index contributed by atoms with van der Waals surface area (Å²) in [5.41, 5.74) is 1.86. The molecule has 0 aliphatic heterocycles. The summed E-state index contributed by atoms with van der Waals surface area (Å²) in [6.45, 7) is 2.84. The highest BCUT2D eigenvalue weighted by atomic mass is 16.3. The number of nitrogens with one attached hydrogen (secondary N) is 1. The molecule has 24 heavy (non-hydrogen) atoms. The van der Waals surface area contributed by atoms with Gasteiger partial charge in [0.25, 0.3) is 0 Å². The van der Waals surface area contributed by atoms with Crippen molar-refractivity contribution in [2.45, 2.75) is 51.6 Å². The molecule has 2 aromatic rings. The molecule has 0 aromatic carbocycles. The van der Waals surface area contributed by atoms with Crippen LogP contribution in [-0.4, -0.2) is 32.7 Å². The monoisotopic (exact) mass is 326 g/mol. The number of pyridine rings is 1. The highest BCUT2D eigenvalue weighted by molar-refractivity contribution is 5.56. The average Bonchev–Trinajstić information content (AvgIpc) is 2.60. The summed E-state index contributed by atoms with van der Waals surface area (Å²) in [6, 6.07) is 5.83. The number of aromatic nitrogens is 3. The Hall–Kier alpha value is -2.01. The predicted octanol–water partition coefficient (Wildman–Crippen LogP) is 3.59. The molecular formula is C19H26N4O. The number of aryl methyl sites for hydroxylation is 1. The van der Waals surface area contributed by atoms with Gasteiger partial charge in [-0.1, -0.05) is 12.8 Å². The lowest BCUT2D eigenvalue weighted by molar-refractivity contribution is 0.0648. The highest BCUT2D eigenvalue weighted by Gasteiger charge is 2.22. The van der Waals surface area contributed by atoms with Crippen LogP contribution in [0.2, 0.25) is 0 Å². The second kappa shape index (κ2) is 8.20. The minimum absolute atomic E-state index is 0.0998. The molecular weight excluding hydrogens is 300 g/mol. The number of aliphatic hydroxyl groups excluding tert-OH is 1. The van der Waals surface area contributed by atoms with Crippen LogP contribution < -0.4 is 5.32 Å². The lowest BCUT2D eigenvalue weighted by atomic mass is 9.83. The number of hydrogen-bond acceptors (Lipinski definition) is 5. The van der Waals surface area contributed by atoms with Crippen molar-refractivity contribution < 1.29 is 5.11 Å². The molecule has 1 saturated carbocycles. The van der Waals surface area contributed by atoms with Crippen molar-refractivity contribution in [1.29, 1.82) is 0 Å². The molecule has 0 saturated heterocycles. The normalized spacial score (nSPS) is 20.8. The van der Waals surface area contributed by atoms with Crippen LogP contribution in [0.4, 0.5) is 5.82 Å². The van der Waals surface area contributed by atoms with E-state index in [4.69, 9.17) is 0 Å². The van der Waals surface area contributed by atoms with Gasteiger partial charge in [-0.25, -0.2) is 9.97 Å². The maximum absolute atomic E-state index is 10.0. The number of hydrogen-bond donors (Lipinski definition) is 2. The predicted molar refractivity (Wildman–Crippen MR) is 95.7 cm³/mol. The first-order chi connectivity index (χ1) is 11.7. The Balaban J connectivity index is 1.54. The molecule has 0 radical (unpaired) electrons. The molecule has 1 aliphatic carbocycles. The topological polar surface area (TPSA) is 70.9 Å². The van der Waals surface area contributed by atoms with E-state index >= 15 is 0 Å². The third kappa shape index (κ3) is 4.51. The van der Waals surface area contributed by atoms with Crippen molar-refractivity contribution in [3.63, 3.8) is 0 Å². The smallest absolute Gasteiger partial charge is 0.163 e. The second-order valence-electron chi connectivity index (χ2n) is 6.64. The molecule has 1 fully saturated rings. The molecule has 2 N–H and O–H groups in total. The molecule has 5 nitrogen and oxygen atoms in total. The van der Waals surface area contributed by atoms with E-state index < -0.39 is 0 Å². The van der Waals surface area contributed by atoms with E-state index in [2.05, 4.69) is 20.3 Å². The van der Waals surface area contributed by atoms with Gasteiger partial charge in [-0.3, -0.25) is 4.98 Å². The SMILES string of the molecule is Cc1cc(NCCCC2CCCCC2O)nc(-c2cccnc2)n1. The maximum atomic E-state index is 10.0. The van der Waals surface area contributed by atoms with Crippen LogP contribution in [0, 0.1) is 12.8 Å². The van der Waals surface area contributed by atoms with Crippen molar-refractivity contribution in [2.75, 3.05) is 11.9 Å². The van der Waals surface area contributed by atoms with Crippen LogP contribution in [0.25, 0.3) is 11.4 Å². The summed E-state index contributed by atoms with van der Waals surface area (Å²) in [6.07, 6.45) is 10.1. The molecule has 5 heteroatoms. The van der Waals surface area contributed by atoms with Crippen molar-refractivity contribution in [3.05, 3.63) is 36.3 Å². The quantitative estimate of drug-likeness (QED) is 0.794. The summed E-state index contributed by atoms with van der Waals surface area (Å²) in [5, 5.41) is 13.4.